The molecule has 0 aliphatic carbocycles. The highest BCUT2D eigenvalue weighted by Crippen LogP contribution is 2.22. The van der Waals surface area contributed by atoms with Gasteiger partial charge in [0.15, 0.2) is 5.17 Å². The highest BCUT2D eigenvalue weighted by atomic mass is 32.2. The topological polar surface area (TPSA) is 27.1 Å². The smallest absolute Gasteiger partial charge is 0.160 e. The van der Waals surface area contributed by atoms with E-state index in [1.54, 1.807) is 0 Å². The van der Waals surface area contributed by atoms with Gasteiger partial charge < -0.3 is 4.90 Å². The Bertz CT molecular complexity index is 222. The molecule has 0 fully saturated rings. The Morgan fingerprint density at radius 3 is 2.47 bits per heavy atom. The third-order valence-electron chi connectivity index (χ3n) is 2.48. The Labute approximate surface area is 98.6 Å². The summed E-state index contributed by atoms with van der Waals surface area (Å²) in [6.45, 7) is 9.72. The van der Waals surface area contributed by atoms with Gasteiger partial charge in [0.05, 0.1) is 0 Å². The SMILES string of the molecule is CC/C=C/SC(=N)N(C)CC(C)(C)CC. The van der Waals surface area contributed by atoms with E-state index in [1.165, 1.54) is 11.8 Å². The first-order valence-corrected chi connectivity index (χ1v) is 6.42. The Morgan fingerprint density at radius 2 is 2.00 bits per heavy atom. The molecule has 1 N–H and O–H groups in total. The molecule has 0 bridgehead atoms. The number of rotatable bonds is 5. The van der Waals surface area contributed by atoms with Crippen LogP contribution in [-0.4, -0.2) is 23.7 Å². The fraction of sp³-hybridized carbons (Fsp3) is 0.750. The minimum Gasteiger partial charge on any atom is -0.354 e. The summed E-state index contributed by atoms with van der Waals surface area (Å²) in [5, 5.41) is 10.5. The second kappa shape index (κ2) is 6.94. The van der Waals surface area contributed by atoms with E-state index in [2.05, 4.69) is 33.8 Å². The molecule has 0 saturated carbocycles. The zero-order valence-corrected chi connectivity index (χ0v) is 11.4. The Kier molecular flexibility index (Phi) is 6.73. The highest BCUT2D eigenvalue weighted by Gasteiger charge is 2.18. The molecule has 0 aromatic rings. The number of hydrogen-bond acceptors (Lipinski definition) is 2. The maximum absolute atomic E-state index is 7.87. The molecule has 0 spiro atoms. The molecule has 3 heteroatoms. The number of amidine groups is 1. The number of allylic oxidation sites excluding steroid dienone is 1. The minimum absolute atomic E-state index is 0.288. The zero-order valence-electron chi connectivity index (χ0n) is 10.6. The van der Waals surface area contributed by atoms with Crippen molar-refractivity contribution >= 4 is 16.9 Å². The van der Waals surface area contributed by atoms with E-state index in [4.69, 9.17) is 5.41 Å². The molecule has 0 radical (unpaired) electrons. The van der Waals surface area contributed by atoms with Crippen molar-refractivity contribution in [3.05, 3.63) is 11.5 Å². The number of hydrogen-bond donors (Lipinski definition) is 1. The Balaban J connectivity index is 4.04. The monoisotopic (exact) mass is 228 g/mol. The van der Waals surface area contributed by atoms with Gasteiger partial charge in [-0.25, -0.2) is 0 Å². The van der Waals surface area contributed by atoms with Crippen molar-refractivity contribution in [3.63, 3.8) is 0 Å². The quantitative estimate of drug-likeness (QED) is 0.570. The second-order valence-corrected chi connectivity index (χ2v) is 5.47. The van der Waals surface area contributed by atoms with Crippen molar-refractivity contribution in [1.29, 1.82) is 5.41 Å². The van der Waals surface area contributed by atoms with Crippen LogP contribution < -0.4 is 0 Å². The van der Waals surface area contributed by atoms with Gasteiger partial charge in [0.1, 0.15) is 0 Å². The molecule has 0 heterocycles. The minimum atomic E-state index is 0.288. The number of nitrogens with zero attached hydrogens (tertiary/aromatic N) is 1. The average molecular weight is 228 g/mol. The lowest BCUT2D eigenvalue weighted by molar-refractivity contribution is 0.270. The first kappa shape index (κ1) is 14.6. The fourth-order valence-corrected chi connectivity index (χ4v) is 1.79. The lowest BCUT2D eigenvalue weighted by Gasteiger charge is -2.30. The van der Waals surface area contributed by atoms with Gasteiger partial charge in [-0.3, -0.25) is 5.41 Å². The van der Waals surface area contributed by atoms with Crippen LogP contribution in [0.2, 0.25) is 0 Å². The van der Waals surface area contributed by atoms with Gasteiger partial charge in [-0.05, 0) is 23.7 Å². The zero-order chi connectivity index (χ0) is 11.9. The molecule has 15 heavy (non-hydrogen) atoms. The van der Waals surface area contributed by atoms with Gasteiger partial charge in [0.25, 0.3) is 0 Å². The summed E-state index contributed by atoms with van der Waals surface area (Å²) in [4.78, 5) is 2.02. The molecule has 0 unspecified atom stereocenters. The molecule has 0 rings (SSSR count). The van der Waals surface area contributed by atoms with Gasteiger partial charge in [0.2, 0.25) is 0 Å². The molecule has 0 amide bonds. The van der Waals surface area contributed by atoms with Crippen LogP contribution in [-0.2, 0) is 0 Å². The van der Waals surface area contributed by atoms with E-state index in [1.807, 2.05) is 17.4 Å². The summed E-state index contributed by atoms with van der Waals surface area (Å²) >= 11 is 1.49. The number of nitrogens with one attached hydrogen (secondary N) is 1. The van der Waals surface area contributed by atoms with Crippen molar-refractivity contribution in [2.24, 2.45) is 5.41 Å². The van der Waals surface area contributed by atoms with Gasteiger partial charge in [-0.2, -0.15) is 0 Å². The van der Waals surface area contributed by atoms with Gasteiger partial charge in [0, 0.05) is 13.6 Å². The lowest BCUT2D eigenvalue weighted by atomic mass is 9.90. The van der Waals surface area contributed by atoms with Crippen LogP contribution in [0.25, 0.3) is 0 Å². The Hall–Kier alpha value is -0.440. The first-order chi connectivity index (χ1) is 6.93. The van der Waals surface area contributed by atoms with E-state index >= 15 is 0 Å². The summed E-state index contributed by atoms with van der Waals surface area (Å²) < 4.78 is 0. The van der Waals surface area contributed by atoms with E-state index in [0.717, 1.165) is 19.4 Å². The van der Waals surface area contributed by atoms with Crippen LogP contribution >= 0.6 is 11.8 Å². The van der Waals surface area contributed by atoms with Crippen molar-refractivity contribution in [1.82, 2.24) is 4.90 Å². The molecule has 0 aliphatic heterocycles. The largest absolute Gasteiger partial charge is 0.354 e. The normalized spacial score (nSPS) is 12.1. The van der Waals surface area contributed by atoms with Crippen molar-refractivity contribution < 1.29 is 0 Å². The summed E-state index contributed by atoms with van der Waals surface area (Å²) in [5.74, 6) is 0. The van der Waals surface area contributed by atoms with Crippen LogP contribution in [0.15, 0.2) is 11.5 Å². The van der Waals surface area contributed by atoms with Crippen molar-refractivity contribution in [2.45, 2.75) is 40.5 Å². The summed E-state index contributed by atoms with van der Waals surface area (Å²) in [5.41, 5.74) is 0.288. The molecule has 0 aliphatic rings. The average Bonchev–Trinajstić information content (AvgIpc) is 2.17. The molecule has 0 aromatic heterocycles. The molecular formula is C12H24N2S. The molecule has 0 saturated heterocycles. The molecule has 0 atom stereocenters. The van der Waals surface area contributed by atoms with E-state index < -0.39 is 0 Å². The summed E-state index contributed by atoms with van der Waals surface area (Å²) in [7, 11) is 1.99. The van der Waals surface area contributed by atoms with E-state index in [-0.39, 0.29) is 5.41 Å². The van der Waals surface area contributed by atoms with Crippen molar-refractivity contribution in [3.8, 4) is 0 Å². The third kappa shape index (κ3) is 6.61. The maximum Gasteiger partial charge on any atom is 0.160 e. The van der Waals surface area contributed by atoms with Crippen LogP contribution in [0, 0.1) is 10.8 Å². The first-order valence-electron chi connectivity index (χ1n) is 5.54. The maximum atomic E-state index is 7.87. The van der Waals surface area contributed by atoms with Crippen molar-refractivity contribution in [2.75, 3.05) is 13.6 Å². The molecule has 2 nitrogen and oxygen atoms in total. The summed E-state index contributed by atoms with van der Waals surface area (Å²) in [6, 6.07) is 0. The summed E-state index contributed by atoms with van der Waals surface area (Å²) in [6.07, 6.45) is 4.25. The van der Waals surface area contributed by atoms with Crippen LogP contribution in [0.4, 0.5) is 0 Å². The van der Waals surface area contributed by atoms with E-state index in [0.29, 0.717) is 5.17 Å². The highest BCUT2D eigenvalue weighted by molar-refractivity contribution is 8.16. The molecule has 88 valence electrons. The Morgan fingerprint density at radius 1 is 1.40 bits per heavy atom. The van der Waals surface area contributed by atoms with Gasteiger partial charge in [-0.1, -0.05) is 45.5 Å². The van der Waals surface area contributed by atoms with Gasteiger partial charge in [-0.15, -0.1) is 0 Å². The van der Waals surface area contributed by atoms with Gasteiger partial charge >= 0.3 is 0 Å². The lowest BCUT2D eigenvalue weighted by Crippen LogP contribution is -2.33. The van der Waals surface area contributed by atoms with Crippen LogP contribution in [0.5, 0.6) is 0 Å². The van der Waals surface area contributed by atoms with Crippen LogP contribution in [0.3, 0.4) is 0 Å². The van der Waals surface area contributed by atoms with E-state index in [9.17, 15) is 0 Å². The fourth-order valence-electron chi connectivity index (χ4n) is 1.12. The van der Waals surface area contributed by atoms with Crippen LogP contribution in [0.1, 0.15) is 40.5 Å². The predicted octanol–water partition coefficient (Wildman–Crippen LogP) is 3.95. The number of thioether (sulfide) groups is 1. The molecule has 0 aromatic carbocycles. The second-order valence-electron chi connectivity index (χ2n) is 4.58. The third-order valence-corrected chi connectivity index (χ3v) is 3.34. The predicted molar refractivity (Wildman–Crippen MR) is 71.5 cm³/mol. The standard InChI is InChI=1S/C12H24N2S/c1-6-8-9-15-11(13)14(5)10-12(3,4)7-2/h8-9,13H,6-7,10H2,1-5H3/b9-8+,13-11?. The molecular weight excluding hydrogens is 204 g/mol.